The zero-order chi connectivity index (χ0) is 38.9. The van der Waals surface area contributed by atoms with Gasteiger partial charge in [-0.05, 0) is 87.3 Å². The van der Waals surface area contributed by atoms with Crippen LogP contribution in [0.3, 0.4) is 0 Å². The molecule has 0 aliphatic heterocycles. The molecule has 0 fully saturated rings. The van der Waals surface area contributed by atoms with Crippen molar-refractivity contribution < 1.29 is 4.42 Å². The Balaban J connectivity index is 1.17. The number of aromatic nitrogens is 1. The van der Waals surface area contributed by atoms with Crippen molar-refractivity contribution in [2.45, 2.75) is 0 Å². The second-order valence-corrected chi connectivity index (χ2v) is 15.3. The zero-order valence-electron chi connectivity index (χ0n) is 32.1. The van der Waals surface area contributed by atoms with Crippen LogP contribution in [-0.4, -0.2) is 4.57 Å². The van der Waals surface area contributed by atoms with Crippen LogP contribution >= 0.6 is 0 Å². The molecule has 276 valence electrons. The Kier molecular flexibility index (Phi) is 7.54. The molecule has 0 saturated heterocycles. The molecule has 3 nitrogen and oxygen atoms in total. The number of benzene rings is 10. The Morgan fingerprint density at radius 1 is 0.373 bits per heavy atom. The molecule has 0 spiro atoms. The van der Waals surface area contributed by atoms with Crippen LogP contribution in [0.15, 0.2) is 223 Å². The van der Waals surface area contributed by atoms with Crippen molar-refractivity contribution in [3.05, 3.63) is 218 Å². The van der Waals surface area contributed by atoms with Crippen LogP contribution in [0.4, 0.5) is 17.1 Å². The first-order valence-electron chi connectivity index (χ1n) is 20.2. The lowest BCUT2D eigenvalue weighted by molar-refractivity contribution is 0.669. The Labute approximate surface area is 341 Å². The van der Waals surface area contributed by atoms with Gasteiger partial charge in [-0.3, -0.25) is 0 Å². The molecule has 0 unspecified atom stereocenters. The van der Waals surface area contributed by atoms with Crippen LogP contribution in [0.2, 0.25) is 0 Å². The lowest BCUT2D eigenvalue weighted by Gasteiger charge is -2.26. The lowest BCUT2D eigenvalue weighted by atomic mass is 9.93. The molecule has 0 radical (unpaired) electrons. The number of rotatable bonds is 6. The maximum atomic E-state index is 6.74. The van der Waals surface area contributed by atoms with E-state index in [1.807, 2.05) is 0 Å². The van der Waals surface area contributed by atoms with Crippen molar-refractivity contribution in [1.82, 2.24) is 4.57 Å². The number of anilines is 3. The second kappa shape index (κ2) is 13.4. The van der Waals surface area contributed by atoms with Crippen LogP contribution in [0.1, 0.15) is 0 Å². The van der Waals surface area contributed by atoms with Gasteiger partial charge in [-0.25, -0.2) is 0 Å². The normalized spacial score (nSPS) is 11.7. The molecule has 0 N–H and O–H groups in total. The highest BCUT2D eigenvalue weighted by Gasteiger charge is 2.25. The molecule has 0 atom stereocenters. The Bertz CT molecular complexity index is 3540. The van der Waals surface area contributed by atoms with Gasteiger partial charge < -0.3 is 13.9 Å². The van der Waals surface area contributed by atoms with Crippen molar-refractivity contribution in [3.8, 4) is 27.9 Å². The molecule has 12 aromatic rings. The van der Waals surface area contributed by atoms with Crippen LogP contribution < -0.4 is 4.90 Å². The first-order chi connectivity index (χ1) is 29.3. The van der Waals surface area contributed by atoms with E-state index < -0.39 is 0 Å². The maximum absolute atomic E-state index is 6.74. The van der Waals surface area contributed by atoms with E-state index in [2.05, 4.69) is 228 Å². The van der Waals surface area contributed by atoms with Gasteiger partial charge in [-0.1, -0.05) is 158 Å². The van der Waals surface area contributed by atoms with Gasteiger partial charge in [0.15, 0.2) is 0 Å². The predicted molar refractivity (Wildman–Crippen MR) is 249 cm³/mol. The maximum Gasteiger partial charge on any atom is 0.138 e. The quantitative estimate of drug-likeness (QED) is 0.169. The minimum atomic E-state index is 0.872. The van der Waals surface area contributed by atoms with Gasteiger partial charge in [0.25, 0.3) is 0 Å². The Hall–Kier alpha value is -7.88. The van der Waals surface area contributed by atoms with Crippen LogP contribution in [0, 0.1) is 0 Å². The van der Waals surface area contributed by atoms with Crippen molar-refractivity contribution in [2.75, 3.05) is 4.90 Å². The summed E-state index contributed by atoms with van der Waals surface area (Å²) in [5, 5.41) is 9.54. The highest BCUT2D eigenvalue weighted by Crippen LogP contribution is 2.48. The standard InChI is InChI=1S/C56H36N2O/c1-3-17-39(18-4-1)53-54-49-27-14-26-47(46-25-13-20-38-16-9-10-23-45(38)46)56(49)58(50(54)36-52-55(53)48-24-11-12-28-51(48)59-52)43-33-31-42(32-34-43)57(41-21-5-2-6-22-41)44-30-29-37-15-7-8-19-40(37)35-44/h1-36H. The summed E-state index contributed by atoms with van der Waals surface area (Å²) in [4.78, 5) is 2.34. The Morgan fingerprint density at radius 2 is 0.983 bits per heavy atom. The summed E-state index contributed by atoms with van der Waals surface area (Å²) in [6.07, 6.45) is 0. The van der Waals surface area contributed by atoms with E-state index in [0.717, 1.165) is 61.3 Å². The van der Waals surface area contributed by atoms with Crippen LogP contribution in [0.5, 0.6) is 0 Å². The molecule has 0 aliphatic rings. The number of para-hydroxylation sites is 3. The SMILES string of the molecule is c1ccc(-c2c3c(cc4c2c2cccc(-c5cccc6ccccc56)c2n4-c2ccc(N(c4ccccc4)c4ccc5ccccc5c4)cc2)oc2ccccc23)cc1. The van der Waals surface area contributed by atoms with E-state index in [4.69, 9.17) is 4.42 Å². The smallest absolute Gasteiger partial charge is 0.138 e. The van der Waals surface area contributed by atoms with E-state index in [0.29, 0.717) is 0 Å². The summed E-state index contributed by atoms with van der Waals surface area (Å²) in [5.74, 6) is 0. The number of hydrogen-bond donors (Lipinski definition) is 0. The van der Waals surface area contributed by atoms with Crippen molar-refractivity contribution >= 4 is 82.4 Å². The minimum absolute atomic E-state index is 0.872. The minimum Gasteiger partial charge on any atom is -0.456 e. The second-order valence-electron chi connectivity index (χ2n) is 15.3. The van der Waals surface area contributed by atoms with Gasteiger partial charge in [-0.15, -0.1) is 0 Å². The third-order valence-corrected chi connectivity index (χ3v) is 11.9. The number of furan rings is 1. The predicted octanol–water partition coefficient (Wildman–Crippen LogP) is 15.8. The topological polar surface area (TPSA) is 21.3 Å². The molecular weight excluding hydrogens is 717 g/mol. The van der Waals surface area contributed by atoms with E-state index in [9.17, 15) is 0 Å². The number of nitrogens with zero attached hydrogens (tertiary/aromatic N) is 2. The zero-order valence-corrected chi connectivity index (χ0v) is 32.1. The summed E-state index contributed by atoms with van der Waals surface area (Å²) in [6, 6.07) is 78.6. The first kappa shape index (κ1) is 33.3. The van der Waals surface area contributed by atoms with Gasteiger partial charge in [0.2, 0.25) is 0 Å². The molecule has 10 aromatic carbocycles. The third-order valence-electron chi connectivity index (χ3n) is 11.9. The van der Waals surface area contributed by atoms with E-state index in [1.165, 1.54) is 49.0 Å². The summed E-state index contributed by atoms with van der Waals surface area (Å²) < 4.78 is 9.21. The molecule has 2 heterocycles. The van der Waals surface area contributed by atoms with Crippen LogP contribution in [-0.2, 0) is 0 Å². The van der Waals surface area contributed by atoms with Crippen molar-refractivity contribution in [2.24, 2.45) is 0 Å². The largest absolute Gasteiger partial charge is 0.456 e. The number of fused-ring (bicyclic) bond motifs is 8. The molecule has 12 rings (SSSR count). The molecule has 2 aromatic heterocycles. The monoisotopic (exact) mass is 752 g/mol. The molecule has 0 aliphatic carbocycles. The highest BCUT2D eigenvalue weighted by atomic mass is 16.3. The lowest BCUT2D eigenvalue weighted by Crippen LogP contribution is -2.10. The average Bonchev–Trinajstić information content (AvgIpc) is 3.84. The molecule has 0 bridgehead atoms. The van der Waals surface area contributed by atoms with Crippen molar-refractivity contribution in [3.63, 3.8) is 0 Å². The molecule has 3 heteroatoms. The molecular formula is C56H36N2O. The third kappa shape index (κ3) is 5.29. The van der Waals surface area contributed by atoms with E-state index >= 15 is 0 Å². The summed E-state index contributed by atoms with van der Waals surface area (Å²) >= 11 is 0. The molecule has 0 amide bonds. The number of hydrogen-bond acceptors (Lipinski definition) is 2. The van der Waals surface area contributed by atoms with Crippen molar-refractivity contribution in [1.29, 1.82) is 0 Å². The Morgan fingerprint density at radius 3 is 1.81 bits per heavy atom. The van der Waals surface area contributed by atoms with E-state index in [1.54, 1.807) is 0 Å². The van der Waals surface area contributed by atoms with Gasteiger partial charge in [-0.2, -0.15) is 0 Å². The fraction of sp³-hybridized carbons (Fsp3) is 0. The summed E-state index contributed by atoms with van der Waals surface area (Å²) in [5.41, 5.74) is 13.1. The summed E-state index contributed by atoms with van der Waals surface area (Å²) in [6.45, 7) is 0. The van der Waals surface area contributed by atoms with Gasteiger partial charge in [0.1, 0.15) is 11.2 Å². The van der Waals surface area contributed by atoms with E-state index in [-0.39, 0.29) is 0 Å². The molecule has 59 heavy (non-hydrogen) atoms. The van der Waals surface area contributed by atoms with Gasteiger partial charge >= 0.3 is 0 Å². The highest BCUT2D eigenvalue weighted by molar-refractivity contribution is 6.28. The van der Waals surface area contributed by atoms with Gasteiger partial charge in [0.05, 0.1) is 11.0 Å². The fourth-order valence-corrected chi connectivity index (χ4v) is 9.36. The molecule has 0 saturated carbocycles. The first-order valence-corrected chi connectivity index (χ1v) is 20.2. The van der Waals surface area contributed by atoms with Gasteiger partial charge in [0, 0.05) is 61.5 Å². The fourth-order valence-electron chi connectivity index (χ4n) is 9.36. The average molecular weight is 753 g/mol. The summed E-state index contributed by atoms with van der Waals surface area (Å²) in [7, 11) is 0. The van der Waals surface area contributed by atoms with Crippen LogP contribution in [0.25, 0.3) is 93.2 Å².